The van der Waals surface area contributed by atoms with Gasteiger partial charge in [0.05, 0.1) is 18.4 Å². The summed E-state index contributed by atoms with van der Waals surface area (Å²) < 4.78 is 12.6. The quantitative estimate of drug-likeness (QED) is 0.478. The van der Waals surface area contributed by atoms with E-state index in [0.29, 0.717) is 10.7 Å². The van der Waals surface area contributed by atoms with Crippen molar-refractivity contribution in [1.82, 2.24) is 9.38 Å². The molecule has 3 aromatic heterocycles. The van der Waals surface area contributed by atoms with E-state index in [-0.39, 0.29) is 24.6 Å². The number of hydrogen-bond acceptors (Lipinski definition) is 6. The van der Waals surface area contributed by atoms with Gasteiger partial charge < -0.3 is 9.15 Å². The third kappa shape index (κ3) is 3.35. The summed E-state index contributed by atoms with van der Waals surface area (Å²) in [5.74, 6) is -0.374. The number of carbonyl (C=O) groups excluding carboxylic acids is 1. The van der Waals surface area contributed by atoms with Crippen molar-refractivity contribution < 1.29 is 13.9 Å². The van der Waals surface area contributed by atoms with Crippen LogP contribution in [0.2, 0.25) is 0 Å². The standard InChI is InChI=1S/C22H20N2O4S/c1-13-6-7-16-14(11-27-18(16)8-13)9-21(26)28-12-15-10-20(25)24-17-4-2-3-5-19(17)29-22(24)23-15/h6-8,10-11H,2-5,9,12H2,1H3. The zero-order valence-electron chi connectivity index (χ0n) is 16.1. The van der Waals surface area contributed by atoms with Crippen LogP contribution in [0, 0.1) is 6.92 Å². The van der Waals surface area contributed by atoms with Gasteiger partial charge in [-0.15, -0.1) is 11.3 Å². The lowest BCUT2D eigenvalue weighted by molar-refractivity contribution is -0.144. The number of hydrogen-bond donors (Lipinski definition) is 0. The largest absolute Gasteiger partial charge is 0.464 e. The van der Waals surface area contributed by atoms with E-state index in [1.165, 1.54) is 10.9 Å². The molecule has 0 aliphatic heterocycles. The molecule has 1 aromatic carbocycles. The molecule has 0 saturated carbocycles. The molecule has 7 heteroatoms. The average molecular weight is 408 g/mol. The van der Waals surface area contributed by atoms with E-state index in [9.17, 15) is 9.59 Å². The number of esters is 1. The van der Waals surface area contributed by atoms with Crippen molar-refractivity contribution in [2.24, 2.45) is 0 Å². The molecule has 3 heterocycles. The number of ether oxygens (including phenoxy) is 1. The van der Waals surface area contributed by atoms with Crippen LogP contribution in [0.1, 0.15) is 40.2 Å². The Bertz CT molecular complexity index is 1300. The number of nitrogens with zero attached hydrogens (tertiary/aromatic N) is 2. The molecule has 5 rings (SSSR count). The molecule has 1 aliphatic rings. The number of rotatable bonds is 4. The molecule has 1 aliphatic carbocycles. The highest BCUT2D eigenvalue weighted by Crippen LogP contribution is 2.28. The Hall–Kier alpha value is -2.93. The summed E-state index contributed by atoms with van der Waals surface area (Å²) in [5.41, 5.74) is 4.13. The Morgan fingerprint density at radius 1 is 1.28 bits per heavy atom. The zero-order valence-corrected chi connectivity index (χ0v) is 16.9. The van der Waals surface area contributed by atoms with E-state index in [1.54, 1.807) is 22.0 Å². The van der Waals surface area contributed by atoms with E-state index in [1.807, 2.05) is 25.1 Å². The number of furan rings is 1. The second-order valence-corrected chi connectivity index (χ2v) is 8.54. The molecule has 0 unspecified atom stereocenters. The smallest absolute Gasteiger partial charge is 0.310 e. The predicted octanol–water partition coefficient (Wildman–Crippen LogP) is 3.98. The SMILES string of the molecule is Cc1ccc2c(CC(=O)OCc3cc(=O)n4c5c(sc4n3)CCCC5)coc2c1. The summed E-state index contributed by atoms with van der Waals surface area (Å²) in [4.78, 5) is 31.4. The van der Waals surface area contributed by atoms with Crippen molar-refractivity contribution in [2.75, 3.05) is 0 Å². The summed E-state index contributed by atoms with van der Waals surface area (Å²) in [6, 6.07) is 7.35. The van der Waals surface area contributed by atoms with Crippen molar-refractivity contribution in [3.05, 3.63) is 68.3 Å². The first-order valence-corrected chi connectivity index (χ1v) is 10.6. The third-order valence-electron chi connectivity index (χ3n) is 5.34. The minimum absolute atomic E-state index is 0.0119. The van der Waals surface area contributed by atoms with Crippen LogP contribution in [0.15, 0.2) is 39.7 Å². The molecule has 0 radical (unpaired) electrons. The Labute approximate surface area is 170 Å². The molecular weight excluding hydrogens is 388 g/mol. The van der Waals surface area contributed by atoms with E-state index < -0.39 is 0 Å². The highest BCUT2D eigenvalue weighted by atomic mass is 32.1. The van der Waals surface area contributed by atoms with Crippen molar-refractivity contribution in [3.63, 3.8) is 0 Å². The minimum Gasteiger partial charge on any atom is -0.464 e. The van der Waals surface area contributed by atoms with Crippen molar-refractivity contribution in [2.45, 2.75) is 45.6 Å². The molecule has 148 valence electrons. The van der Waals surface area contributed by atoms with Gasteiger partial charge in [0.2, 0.25) is 0 Å². The van der Waals surface area contributed by atoms with Crippen molar-refractivity contribution in [3.8, 4) is 0 Å². The fourth-order valence-corrected chi connectivity index (χ4v) is 5.14. The van der Waals surface area contributed by atoms with Gasteiger partial charge in [0.1, 0.15) is 12.2 Å². The van der Waals surface area contributed by atoms with Crippen LogP contribution in [-0.2, 0) is 35.4 Å². The summed E-state index contributed by atoms with van der Waals surface area (Å²) in [6.45, 7) is 1.98. The molecule has 29 heavy (non-hydrogen) atoms. The molecule has 0 N–H and O–H groups in total. The van der Waals surface area contributed by atoms with Gasteiger partial charge in [-0.05, 0) is 44.2 Å². The molecule has 4 aromatic rings. The Balaban J connectivity index is 1.32. The monoisotopic (exact) mass is 408 g/mol. The van der Waals surface area contributed by atoms with Gasteiger partial charge >= 0.3 is 5.97 Å². The predicted molar refractivity (Wildman–Crippen MR) is 110 cm³/mol. The third-order valence-corrected chi connectivity index (χ3v) is 6.48. The molecule has 0 amide bonds. The van der Waals surface area contributed by atoms with E-state index in [0.717, 1.165) is 53.5 Å². The van der Waals surface area contributed by atoms with Gasteiger partial charge in [-0.3, -0.25) is 14.0 Å². The first kappa shape index (κ1) is 18.1. The van der Waals surface area contributed by atoms with Gasteiger partial charge in [0.15, 0.2) is 4.96 Å². The average Bonchev–Trinajstić information content (AvgIpc) is 3.27. The van der Waals surface area contributed by atoms with Crippen LogP contribution in [0.25, 0.3) is 15.9 Å². The van der Waals surface area contributed by atoms with Crippen LogP contribution in [-0.4, -0.2) is 15.4 Å². The molecule has 0 bridgehead atoms. The van der Waals surface area contributed by atoms with Crippen molar-refractivity contribution >= 4 is 33.2 Å². The zero-order chi connectivity index (χ0) is 20.0. The number of thiazole rings is 1. The maximum atomic E-state index is 12.6. The van der Waals surface area contributed by atoms with Crippen molar-refractivity contribution in [1.29, 1.82) is 0 Å². The van der Waals surface area contributed by atoms with Crippen LogP contribution in [0.4, 0.5) is 0 Å². The Kier molecular flexibility index (Phi) is 4.47. The minimum atomic E-state index is -0.374. The highest BCUT2D eigenvalue weighted by molar-refractivity contribution is 7.17. The lowest BCUT2D eigenvalue weighted by Gasteiger charge is -2.10. The fourth-order valence-electron chi connectivity index (χ4n) is 3.90. The topological polar surface area (TPSA) is 73.8 Å². The Morgan fingerprint density at radius 2 is 2.14 bits per heavy atom. The summed E-state index contributed by atoms with van der Waals surface area (Å²) in [7, 11) is 0. The van der Waals surface area contributed by atoms with Gasteiger partial charge in [-0.25, -0.2) is 4.98 Å². The highest BCUT2D eigenvalue weighted by Gasteiger charge is 2.19. The van der Waals surface area contributed by atoms with Crippen LogP contribution in [0.5, 0.6) is 0 Å². The number of carbonyl (C=O) groups is 1. The molecular formula is C22H20N2O4S. The van der Waals surface area contributed by atoms with Crippen LogP contribution in [0.3, 0.4) is 0 Å². The fraction of sp³-hybridized carbons (Fsp3) is 0.318. The molecule has 0 spiro atoms. The first-order chi connectivity index (χ1) is 14.1. The van der Waals surface area contributed by atoms with E-state index in [4.69, 9.17) is 9.15 Å². The lowest BCUT2D eigenvalue weighted by atomic mass is 10.0. The summed E-state index contributed by atoms with van der Waals surface area (Å²) in [5, 5.41) is 0.912. The number of aryl methyl sites for hydroxylation is 3. The first-order valence-electron chi connectivity index (χ1n) is 9.74. The second-order valence-electron chi connectivity index (χ2n) is 7.48. The lowest BCUT2D eigenvalue weighted by Crippen LogP contribution is -2.18. The van der Waals surface area contributed by atoms with E-state index >= 15 is 0 Å². The molecule has 6 nitrogen and oxygen atoms in total. The van der Waals surface area contributed by atoms with Crippen LogP contribution < -0.4 is 5.56 Å². The molecule has 0 fully saturated rings. The van der Waals surface area contributed by atoms with E-state index in [2.05, 4.69) is 4.98 Å². The maximum absolute atomic E-state index is 12.6. The normalized spacial score (nSPS) is 13.7. The number of fused-ring (bicyclic) bond motifs is 4. The number of benzene rings is 1. The van der Waals surface area contributed by atoms with Gasteiger partial charge in [0, 0.05) is 27.6 Å². The second kappa shape index (κ2) is 7.15. The number of aromatic nitrogens is 2. The maximum Gasteiger partial charge on any atom is 0.310 e. The van der Waals surface area contributed by atoms with Gasteiger partial charge in [-0.2, -0.15) is 0 Å². The van der Waals surface area contributed by atoms with Gasteiger partial charge in [0.25, 0.3) is 5.56 Å². The summed E-state index contributed by atoms with van der Waals surface area (Å²) in [6.07, 6.45) is 5.89. The molecule has 0 saturated heterocycles. The summed E-state index contributed by atoms with van der Waals surface area (Å²) >= 11 is 1.57. The molecule has 0 atom stereocenters. The Morgan fingerprint density at radius 3 is 3.03 bits per heavy atom. The van der Waals surface area contributed by atoms with Gasteiger partial charge in [-0.1, -0.05) is 12.1 Å². The van der Waals surface area contributed by atoms with Crippen LogP contribution >= 0.6 is 11.3 Å².